The van der Waals surface area contributed by atoms with Crippen LogP contribution < -0.4 is 0 Å². The largest absolute Gasteiger partial charge is 0.433 e. The zero-order valence-electron chi connectivity index (χ0n) is 14.9. The van der Waals surface area contributed by atoms with Gasteiger partial charge >= 0.3 is 6.18 Å². The molecule has 3 rings (SSSR count). The summed E-state index contributed by atoms with van der Waals surface area (Å²) < 4.78 is 66.5. The first kappa shape index (κ1) is 19.8. The standard InChI is InChI=1S/C17H21F3N4O2S/c1-3-9-27(25,26)23-7-5-12(6-8-23)14-11-16-21-13(4-2)10-15(17(18,19)20)24(16)22-14/h3,10-12H,1,4-9H2,2H3. The van der Waals surface area contributed by atoms with Gasteiger partial charge in [-0.1, -0.05) is 13.0 Å². The molecule has 0 aromatic carbocycles. The zero-order chi connectivity index (χ0) is 19.8. The molecule has 148 valence electrons. The molecule has 0 amide bonds. The molecule has 1 aliphatic heterocycles. The van der Waals surface area contributed by atoms with E-state index in [1.807, 2.05) is 0 Å². The number of fused-ring (bicyclic) bond motifs is 1. The third kappa shape index (κ3) is 4.01. The van der Waals surface area contributed by atoms with E-state index in [1.165, 1.54) is 10.4 Å². The molecule has 1 saturated heterocycles. The number of aromatic nitrogens is 3. The number of sulfonamides is 1. The Hall–Kier alpha value is -1.94. The summed E-state index contributed by atoms with van der Waals surface area (Å²) in [6.07, 6.45) is -1.79. The summed E-state index contributed by atoms with van der Waals surface area (Å²) in [4.78, 5) is 4.25. The molecule has 6 nitrogen and oxygen atoms in total. The van der Waals surface area contributed by atoms with E-state index in [9.17, 15) is 21.6 Å². The summed E-state index contributed by atoms with van der Waals surface area (Å²) in [5, 5.41) is 4.15. The second kappa shape index (κ2) is 7.23. The van der Waals surface area contributed by atoms with Gasteiger partial charge in [-0.3, -0.25) is 0 Å². The quantitative estimate of drug-likeness (QED) is 0.721. The number of hydrogen-bond acceptors (Lipinski definition) is 4. The highest BCUT2D eigenvalue weighted by molar-refractivity contribution is 7.89. The van der Waals surface area contributed by atoms with Crippen LogP contribution in [0.4, 0.5) is 13.2 Å². The Bertz CT molecular complexity index is 945. The van der Waals surface area contributed by atoms with Crippen molar-refractivity contribution in [1.29, 1.82) is 0 Å². The predicted octanol–water partition coefficient (Wildman–Crippen LogP) is 3.01. The van der Waals surface area contributed by atoms with Crippen LogP contribution in [0.15, 0.2) is 24.8 Å². The number of alkyl halides is 3. The van der Waals surface area contributed by atoms with Crippen LogP contribution in [0.3, 0.4) is 0 Å². The molecule has 3 heterocycles. The van der Waals surface area contributed by atoms with Crippen LogP contribution in [0.5, 0.6) is 0 Å². The second-order valence-corrected chi connectivity index (χ2v) is 8.58. The van der Waals surface area contributed by atoms with E-state index in [2.05, 4.69) is 16.7 Å². The Morgan fingerprint density at radius 2 is 1.96 bits per heavy atom. The molecule has 0 spiro atoms. The lowest BCUT2D eigenvalue weighted by Crippen LogP contribution is -2.38. The maximum absolute atomic E-state index is 13.4. The van der Waals surface area contributed by atoms with E-state index >= 15 is 0 Å². The van der Waals surface area contributed by atoms with E-state index in [1.54, 1.807) is 13.0 Å². The fraction of sp³-hybridized carbons (Fsp3) is 0.529. The van der Waals surface area contributed by atoms with Crippen molar-refractivity contribution in [3.63, 3.8) is 0 Å². The van der Waals surface area contributed by atoms with Gasteiger partial charge in [0, 0.05) is 30.8 Å². The van der Waals surface area contributed by atoms with Crippen molar-refractivity contribution < 1.29 is 21.6 Å². The molecule has 0 saturated carbocycles. The van der Waals surface area contributed by atoms with Gasteiger partial charge in [0.1, 0.15) is 5.69 Å². The van der Waals surface area contributed by atoms with Crippen molar-refractivity contribution in [3.8, 4) is 0 Å². The average Bonchev–Trinajstić information content (AvgIpc) is 3.04. The summed E-state index contributed by atoms with van der Waals surface area (Å²) in [6, 6.07) is 2.60. The Labute approximate surface area is 155 Å². The summed E-state index contributed by atoms with van der Waals surface area (Å²) >= 11 is 0. The molecule has 0 bridgehead atoms. The fourth-order valence-corrected chi connectivity index (χ4v) is 4.59. The van der Waals surface area contributed by atoms with Crippen LogP contribution in [0.2, 0.25) is 0 Å². The molecule has 0 radical (unpaired) electrons. The van der Waals surface area contributed by atoms with E-state index < -0.39 is 21.9 Å². The molecule has 0 N–H and O–H groups in total. The minimum absolute atomic E-state index is 0.104. The number of halogens is 3. The van der Waals surface area contributed by atoms with Gasteiger partial charge in [-0.15, -0.1) is 6.58 Å². The molecule has 0 aliphatic carbocycles. The van der Waals surface area contributed by atoms with Gasteiger partial charge in [0.05, 0.1) is 11.4 Å². The van der Waals surface area contributed by atoms with Gasteiger partial charge in [0.2, 0.25) is 10.0 Å². The smallest absolute Gasteiger partial charge is 0.234 e. The highest BCUT2D eigenvalue weighted by Crippen LogP contribution is 2.33. The highest BCUT2D eigenvalue weighted by Gasteiger charge is 2.36. The van der Waals surface area contributed by atoms with Gasteiger partial charge in [0.25, 0.3) is 0 Å². The number of rotatable bonds is 5. The Morgan fingerprint density at radius 1 is 1.30 bits per heavy atom. The summed E-state index contributed by atoms with van der Waals surface area (Å²) in [6.45, 7) is 5.83. The minimum atomic E-state index is -4.53. The number of hydrogen-bond donors (Lipinski definition) is 0. The van der Waals surface area contributed by atoms with E-state index in [0.717, 1.165) is 10.6 Å². The first-order valence-electron chi connectivity index (χ1n) is 8.71. The average molecular weight is 402 g/mol. The van der Waals surface area contributed by atoms with Crippen molar-refractivity contribution in [2.45, 2.75) is 38.3 Å². The molecule has 0 unspecified atom stereocenters. The van der Waals surface area contributed by atoms with Crippen molar-refractivity contribution >= 4 is 15.7 Å². The van der Waals surface area contributed by atoms with Crippen molar-refractivity contribution in [2.75, 3.05) is 18.8 Å². The Morgan fingerprint density at radius 3 is 2.52 bits per heavy atom. The SMILES string of the molecule is C=CCS(=O)(=O)N1CCC(c2cc3nc(CC)cc(C(F)(F)F)n3n2)CC1. The van der Waals surface area contributed by atoms with Crippen molar-refractivity contribution in [3.05, 3.63) is 41.9 Å². The van der Waals surface area contributed by atoms with Crippen molar-refractivity contribution in [2.24, 2.45) is 0 Å². The topological polar surface area (TPSA) is 67.6 Å². The Balaban J connectivity index is 1.88. The van der Waals surface area contributed by atoms with Gasteiger partial charge in [-0.05, 0) is 25.3 Å². The third-order valence-corrected chi connectivity index (χ3v) is 6.55. The molecule has 2 aromatic rings. The summed E-state index contributed by atoms with van der Waals surface area (Å²) in [5.41, 5.74) is 0.189. The van der Waals surface area contributed by atoms with Crippen LogP contribution in [-0.2, 0) is 22.6 Å². The van der Waals surface area contributed by atoms with Gasteiger partial charge < -0.3 is 0 Å². The van der Waals surface area contributed by atoms with Crippen molar-refractivity contribution in [1.82, 2.24) is 18.9 Å². The monoisotopic (exact) mass is 402 g/mol. The molecular formula is C17H21F3N4O2S. The molecule has 27 heavy (non-hydrogen) atoms. The van der Waals surface area contributed by atoms with Crippen LogP contribution in [0.25, 0.3) is 5.65 Å². The molecule has 10 heteroatoms. The van der Waals surface area contributed by atoms with Gasteiger partial charge in [-0.25, -0.2) is 22.2 Å². The van der Waals surface area contributed by atoms with Crippen LogP contribution in [-0.4, -0.2) is 46.2 Å². The third-order valence-electron chi connectivity index (χ3n) is 4.75. The normalized spacial score (nSPS) is 17.5. The molecule has 0 atom stereocenters. The van der Waals surface area contributed by atoms with Gasteiger partial charge in [-0.2, -0.15) is 18.3 Å². The fourth-order valence-electron chi connectivity index (χ4n) is 3.31. The molecule has 1 aliphatic rings. The number of nitrogens with zero attached hydrogens (tertiary/aromatic N) is 4. The molecular weight excluding hydrogens is 381 g/mol. The lowest BCUT2D eigenvalue weighted by Gasteiger charge is -2.30. The lowest BCUT2D eigenvalue weighted by molar-refractivity contribution is -0.142. The first-order chi connectivity index (χ1) is 12.7. The maximum atomic E-state index is 13.4. The maximum Gasteiger partial charge on any atom is 0.433 e. The molecule has 1 fully saturated rings. The Kier molecular flexibility index (Phi) is 5.31. The lowest BCUT2D eigenvalue weighted by atomic mass is 9.95. The number of piperidine rings is 1. The van der Waals surface area contributed by atoms with Crippen LogP contribution >= 0.6 is 0 Å². The van der Waals surface area contributed by atoms with E-state index in [4.69, 9.17) is 0 Å². The highest BCUT2D eigenvalue weighted by atomic mass is 32.2. The van der Waals surface area contributed by atoms with E-state index in [0.29, 0.717) is 43.7 Å². The number of aryl methyl sites for hydroxylation is 1. The first-order valence-corrected chi connectivity index (χ1v) is 10.3. The zero-order valence-corrected chi connectivity index (χ0v) is 15.7. The summed E-state index contributed by atoms with van der Waals surface area (Å²) in [5.74, 6) is -0.224. The van der Waals surface area contributed by atoms with Crippen LogP contribution in [0, 0.1) is 0 Å². The van der Waals surface area contributed by atoms with Crippen LogP contribution in [0.1, 0.15) is 42.8 Å². The van der Waals surface area contributed by atoms with Gasteiger partial charge in [0.15, 0.2) is 5.65 Å². The van der Waals surface area contributed by atoms with E-state index in [-0.39, 0.29) is 17.3 Å². The second-order valence-electron chi connectivity index (χ2n) is 6.56. The summed E-state index contributed by atoms with van der Waals surface area (Å²) in [7, 11) is -3.37. The molecule has 2 aromatic heterocycles. The minimum Gasteiger partial charge on any atom is -0.234 e. The predicted molar refractivity (Wildman–Crippen MR) is 94.9 cm³/mol.